The van der Waals surface area contributed by atoms with Gasteiger partial charge in [0.15, 0.2) is 0 Å². The number of hydrogen-bond donors (Lipinski definition) is 2. The molecule has 3 nitrogen and oxygen atoms in total. The summed E-state index contributed by atoms with van der Waals surface area (Å²) in [6.07, 6.45) is 2.45. The van der Waals surface area contributed by atoms with Crippen LogP contribution < -0.4 is 5.32 Å². The van der Waals surface area contributed by atoms with E-state index in [9.17, 15) is 22.7 Å². The molecule has 1 heterocycles. The van der Waals surface area contributed by atoms with Gasteiger partial charge in [0.1, 0.15) is 5.69 Å². The van der Waals surface area contributed by atoms with Gasteiger partial charge in [-0.05, 0) is 31.6 Å². The number of aliphatic hydroxyl groups excluding tert-OH is 1. The predicted molar refractivity (Wildman–Crippen MR) is 65.1 cm³/mol. The van der Waals surface area contributed by atoms with Gasteiger partial charge < -0.3 is 10.4 Å². The molecule has 0 aromatic carbocycles. The molecular formula is C13H16F4N2O. The first-order valence-electron chi connectivity index (χ1n) is 6.47. The second-order valence-corrected chi connectivity index (χ2v) is 5.44. The van der Waals surface area contributed by atoms with Gasteiger partial charge in [-0.15, -0.1) is 0 Å². The SMILES string of the molecule is CC1CCC(CO)(Nc2c(F)c(F)nc(F)c2F)CC1. The monoisotopic (exact) mass is 292 g/mol. The van der Waals surface area contributed by atoms with E-state index < -0.39 is 34.8 Å². The number of rotatable bonds is 3. The summed E-state index contributed by atoms with van der Waals surface area (Å²) in [5.74, 6) is -6.12. The highest BCUT2D eigenvalue weighted by atomic mass is 19.2. The van der Waals surface area contributed by atoms with Crippen molar-refractivity contribution in [3.8, 4) is 0 Å². The molecule has 1 aliphatic carbocycles. The lowest BCUT2D eigenvalue weighted by molar-refractivity contribution is 0.154. The Hall–Kier alpha value is -1.37. The van der Waals surface area contributed by atoms with Crippen LogP contribution in [0.15, 0.2) is 0 Å². The predicted octanol–water partition coefficient (Wildman–Crippen LogP) is 2.99. The van der Waals surface area contributed by atoms with Crippen LogP contribution in [-0.4, -0.2) is 22.2 Å². The molecular weight excluding hydrogens is 276 g/mol. The van der Waals surface area contributed by atoms with Gasteiger partial charge in [-0.2, -0.15) is 22.5 Å². The lowest BCUT2D eigenvalue weighted by Crippen LogP contribution is -2.45. The van der Waals surface area contributed by atoms with Gasteiger partial charge in [0.25, 0.3) is 11.9 Å². The third kappa shape index (κ3) is 2.72. The Balaban J connectivity index is 2.33. The zero-order valence-electron chi connectivity index (χ0n) is 11.0. The lowest BCUT2D eigenvalue weighted by Gasteiger charge is -2.39. The van der Waals surface area contributed by atoms with Gasteiger partial charge in [0, 0.05) is 0 Å². The average molecular weight is 292 g/mol. The minimum absolute atomic E-state index is 0.371. The van der Waals surface area contributed by atoms with Gasteiger partial charge in [-0.3, -0.25) is 0 Å². The second kappa shape index (κ2) is 5.55. The van der Waals surface area contributed by atoms with Crippen molar-refractivity contribution < 1.29 is 22.7 Å². The molecule has 0 saturated heterocycles. The topological polar surface area (TPSA) is 45.1 Å². The Morgan fingerprint density at radius 1 is 1.15 bits per heavy atom. The zero-order valence-corrected chi connectivity index (χ0v) is 11.0. The van der Waals surface area contributed by atoms with Crippen LogP contribution in [0.25, 0.3) is 0 Å². The summed E-state index contributed by atoms with van der Waals surface area (Å²) in [4.78, 5) is 2.50. The first-order chi connectivity index (χ1) is 9.38. The van der Waals surface area contributed by atoms with Crippen LogP contribution in [0.3, 0.4) is 0 Å². The minimum Gasteiger partial charge on any atom is -0.394 e. The van der Waals surface area contributed by atoms with Crippen molar-refractivity contribution in [2.24, 2.45) is 5.92 Å². The summed E-state index contributed by atoms with van der Waals surface area (Å²) in [6, 6.07) is 0. The van der Waals surface area contributed by atoms with Crippen molar-refractivity contribution >= 4 is 5.69 Å². The summed E-state index contributed by atoms with van der Waals surface area (Å²) < 4.78 is 53.3. The second-order valence-electron chi connectivity index (χ2n) is 5.44. The quantitative estimate of drug-likeness (QED) is 0.665. The van der Waals surface area contributed by atoms with Crippen molar-refractivity contribution in [2.75, 3.05) is 11.9 Å². The first-order valence-corrected chi connectivity index (χ1v) is 6.47. The fraction of sp³-hybridized carbons (Fsp3) is 0.615. The molecule has 1 aromatic rings. The molecule has 0 radical (unpaired) electrons. The van der Waals surface area contributed by atoms with E-state index in [1.165, 1.54) is 0 Å². The van der Waals surface area contributed by atoms with E-state index in [4.69, 9.17) is 0 Å². The van der Waals surface area contributed by atoms with Crippen LogP contribution in [0.2, 0.25) is 0 Å². The highest BCUT2D eigenvalue weighted by Gasteiger charge is 2.36. The molecule has 2 N–H and O–H groups in total. The summed E-state index contributed by atoms with van der Waals surface area (Å²) in [7, 11) is 0. The number of anilines is 1. The number of aromatic nitrogens is 1. The van der Waals surface area contributed by atoms with E-state index in [1.807, 2.05) is 6.92 Å². The van der Waals surface area contributed by atoms with Crippen LogP contribution in [0.1, 0.15) is 32.6 Å². The van der Waals surface area contributed by atoms with Crippen LogP contribution in [0.5, 0.6) is 0 Å². The van der Waals surface area contributed by atoms with Gasteiger partial charge in [0.2, 0.25) is 11.6 Å². The van der Waals surface area contributed by atoms with Crippen molar-refractivity contribution in [3.05, 3.63) is 23.5 Å². The molecule has 1 fully saturated rings. The van der Waals surface area contributed by atoms with Crippen molar-refractivity contribution in [1.82, 2.24) is 4.98 Å². The number of nitrogens with one attached hydrogen (secondary N) is 1. The molecule has 0 spiro atoms. The maximum absolute atomic E-state index is 13.6. The van der Waals surface area contributed by atoms with Gasteiger partial charge in [0.05, 0.1) is 12.1 Å². The normalized spacial score (nSPS) is 26.6. The summed E-state index contributed by atoms with van der Waals surface area (Å²) in [6.45, 7) is 1.67. The summed E-state index contributed by atoms with van der Waals surface area (Å²) >= 11 is 0. The van der Waals surface area contributed by atoms with Crippen LogP contribution in [0.4, 0.5) is 23.2 Å². The average Bonchev–Trinajstić information content (AvgIpc) is 2.44. The molecule has 112 valence electrons. The van der Waals surface area contributed by atoms with E-state index in [2.05, 4.69) is 10.3 Å². The van der Waals surface area contributed by atoms with Crippen LogP contribution in [0, 0.1) is 29.4 Å². The number of halogens is 4. The Kier molecular flexibility index (Phi) is 4.17. The first kappa shape index (κ1) is 15.0. The fourth-order valence-electron chi connectivity index (χ4n) is 2.50. The van der Waals surface area contributed by atoms with Gasteiger partial charge in [-0.1, -0.05) is 6.92 Å². The Bertz CT molecular complexity index is 475. The molecule has 7 heteroatoms. The summed E-state index contributed by atoms with van der Waals surface area (Å²) in [5, 5.41) is 12.0. The molecule has 1 aliphatic rings. The Labute approximate surface area is 114 Å². The van der Waals surface area contributed by atoms with E-state index in [1.54, 1.807) is 0 Å². The van der Waals surface area contributed by atoms with Crippen molar-refractivity contribution in [2.45, 2.75) is 38.1 Å². The standard InChI is InChI=1S/C13H16F4N2O/c1-7-2-4-13(6-20,5-3-7)19-10-8(14)11(16)18-12(17)9(10)15/h7,20H,2-6H2,1H3,(H,18,19). The highest BCUT2D eigenvalue weighted by molar-refractivity contribution is 5.48. The summed E-state index contributed by atoms with van der Waals surface area (Å²) in [5.41, 5.74) is -1.87. The van der Waals surface area contributed by atoms with Crippen molar-refractivity contribution in [3.63, 3.8) is 0 Å². The van der Waals surface area contributed by atoms with Crippen LogP contribution >= 0.6 is 0 Å². The molecule has 2 rings (SSSR count). The lowest BCUT2D eigenvalue weighted by atomic mass is 9.77. The molecule has 20 heavy (non-hydrogen) atoms. The van der Waals surface area contributed by atoms with E-state index in [-0.39, 0.29) is 6.61 Å². The molecule has 0 aliphatic heterocycles. The smallest absolute Gasteiger partial charge is 0.253 e. The maximum atomic E-state index is 13.6. The molecule has 0 atom stereocenters. The van der Waals surface area contributed by atoms with Gasteiger partial charge >= 0.3 is 0 Å². The molecule has 1 saturated carbocycles. The molecule has 1 aromatic heterocycles. The van der Waals surface area contributed by atoms with Crippen LogP contribution in [-0.2, 0) is 0 Å². The molecule has 0 amide bonds. The molecule has 0 bridgehead atoms. The number of hydrogen-bond acceptors (Lipinski definition) is 3. The number of pyridine rings is 1. The Morgan fingerprint density at radius 2 is 1.65 bits per heavy atom. The van der Waals surface area contributed by atoms with E-state index in [0.29, 0.717) is 18.8 Å². The maximum Gasteiger partial charge on any atom is 0.253 e. The minimum atomic E-state index is -1.70. The van der Waals surface area contributed by atoms with Gasteiger partial charge in [-0.25, -0.2) is 0 Å². The zero-order chi connectivity index (χ0) is 14.9. The highest BCUT2D eigenvalue weighted by Crippen LogP contribution is 2.36. The largest absolute Gasteiger partial charge is 0.394 e. The van der Waals surface area contributed by atoms with E-state index >= 15 is 0 Å². The third-order valence-corrected chi connectivity index (χ3v) is 3.92. The number of aliphatic hydroxyl groups is 1. The Morgan fingerprint density at radius 3 is 2.10 bits per heavy atom. The van der Waals surface area contributed by atoms with E-state index in [0.717, 1.165) is 12.8 Å². The van der Waals surface area contributed by atoms with Crippen molar-refractivity contribution in [1.29, 1.82) is 0 Å². The fourth-order valence-corrected chi connectivity index (χ4v) is 2.50. The third-order valence-electron chi connectivity index (χ3n) is 3.92. The number of nitrogens with zero attached hydrogens (tertiary/aromatic N) is 1. The molecule has 0 unspecified atom stereocenters.